The Hall–Kier alpha value is -7.40. The van der Waals surface area contributed by atoms with Gasteiger partial charge < -0.3 is 13.7 Å². The van der Waals surface area contributed by atoms with Gasteiger partial charge in [-0.15, -0.1) is 11.3 Å². The van der Waals surface area contributed by atoms with Gasteiger partial charge in [-0.2, -0.15) is 0 Å². The minimum Gasteiger partial charge on any atom is -0.456 e. The number of rotatable bonds is 6. The summed E-state index contributed by atoms with van der Waals surface area (Å²) in [6.07, 6.45) is 0. The first kappa shape index (κ1) is 32.8. The molecular weight excluding hydrogens is 727 g/mol. The van der Waals surface area contributed by atoms with Gasteiger partial charge in [0, 0.05) is 58.7 Å². The molecule has 9 aromatic carbocycles. The molecule has 0 N–H and O–H groups in total. The third-order valence-electron chi connectivity index (χ3n) is 11.5. The molecule has 0 unspecified atom stereocenters. The van der Waals surface area contributed by atoms with Crippen molar-refractivity contribution in [2.24, 2.45) is 0 Å². The number of anilines is 3. The third kappa shape index (κ3) is 5.27. The standard InChI is InChI=1S/C54H33NO2S/c1-2-10-36(11-3-1)41-12-4-7-15-46(41)55(40-26-20-35(21-27-40)38-22-28-43-42-13-6-9-17-51(42)58-52(43)33-38)39-24-18-34(19-25-39)37-23-29-45-50(32-37)57-49-31-30-48-53(54(45)49)44-14-5-8-16-47(44)56-48/h1-33H. The quantitative estimate of drug-likeness (QED) is 0.169. The van der Waals surface area contributed by atoms with E-state index in [4.69, 9.17) is 8.83 Å². The van der Waals surface area contributed by atoms with Gasteiger partial charge in [-0.3, -0.25) is 0 Å². The van der Waals surface area contributed by atoms with Crippen molar-refractivity contribution in [3.63, 3.8) is 0 Å². The molecule has 0 bridgehead atoms. The fraction of sp³-hybridized carbons (Fsp3) is 0. The first-order valence-electron chi connectivity index (χ1n) is 19.6. The number of nitrogens with zero attached hydrogens (tertiary/aromatic N) is 1. The summed E-state index contributed by atoms with van der Waals surface area (Å²) in [5.74, 6) is 0. The molecule has 0 amide bonds. The number of hydrogen-bond acceptors (Lipinski definition) is 4. The van der Waals surface area contributed by atoms with Crippen molar-refractivity contribution >= 4 is 92.4 Å². The van der Waals surface area contributed by atoms with Crippen LogP contribution >= 0.6 is 11.3 Å². The molecule has 4 heteroatoms. The molecule has 0 aliphatic heterocycles. The molecule has 0 aliphatic carbocycles. The molecule has 0 radical (unpaired) electrons. The molecule has 3 aromatic heterocycles. The minimum absolute atomic E-state index is 0.861. The maximum Gasteiger partial charge on any atom is 0.136 e. The smallest absolute Gasteiger partial charge is 0.136 e. The van der Waals surface area contributed by atoms with E-state index < -0.39 is 0 Å². The van der Waals surface area contributed by atoms with Crippen LogP contribution in [0.2, 0.25) is 0 Å². The van der Waals surface area contributed by atoms with E-state index in [1.807, 2.05) is 35.6 Å². The number of fused-ring (bicyclic) bond motifs is 10. The molecule has 0 saturated heterocycles. The summed E-state index contributed by atoms with van der Waals surface area (Å²) < 4.78 is 15.3. The Morgan fingerprint density at radius 2 is 0.862 bits per heavy atom. The van der Waals surface area contributed by atoms with Gasteiger partial charge in [-0.05, 0) is 101 Å². The highest BCUT2D eigenvalue weighted by Crippen LogP contribution is 2.44. The Balaban J connectivity index is 0.938. The van der Waals surface area contributed by atoms with Crippen LogP contribution in [-0.4, -0.2) is 0 Å². The van der Waals surface area contributed by atoms with Gasteiger partial charge in [0.1, 0.15) is 22.3 Å². The monoisotopic (exact) mass is 759 g/mol. The zero-order chi connectivity index (χ0) is 38.2. The predicted molar refractivity (Wildman–Crippen MR) is 245 cm³/mol. The van der Waals surface area contributed by atoms with Crippen LogP contribution in [0.4, 0.5) is 17.1 Å². The van der Waals surface area contributed by atoms with Gasteiger partial charge in [0.25, 0.3) is 0 Å². The van der Waals surface area contributed by atoms with E-state index in [0.717, 1.165) is 72.1 Å². The molecule has 0 fully saturated rings. The number of hydrogen-bond donors (Lipinski definition) is 0. The lowest BCUT2D eigenvalue weighted by molar-refractivity contribution is 0.663. The molecule has 0 saturated carbocycles. The summed E-state index contributed by atoms with van der Waals surface area (Å²) in [6, 6.07) is 71.5. The van der Waals surface area contributed by atoms with Gasteiger partial charge in [0.2, 0.25) is 0 Å². The van der Waals surface area contributed by atoms with E-state index in [9.17, 15) is 0 Å². The maximum atomic E-state index is 6.50. The average molecular weight is 760 g/mol. The van der Waals surface area contributed by atoms with Crippen molar-refractivity contribution in [3.05, 3.63) is 200 Å². The highest BCUT2D eigenvalue weighted by atomic mass is 32.1. The van der Waals surface area contributed by atoms with Gasteiger partial charge in [0.15, 0.2) is 0 Å². The lowest BCUT2D eigenvalue weighted by Gasteiger charge is -2.28. The van der Waals surface area contributed by atoms with E-state index in [-0.39, 0.29) is 0 Å². The molecule has 3 nitrogen and oxygen atoms in total. The van der Waals surface area contributed by atoms with Crippen molar-refractivity contribution < 1.29 is 8.83 Å². The number of para-hydroxylation sites is 2. The van der Waals surface area contributed by atoms with E-state index >= 15 is 0 Å². The minimum atomic E-state index is 0.861. The second-order valence-corrected chi connectivity index (χ2v) is 15.9. The first-order valence-corrected chi connectivity index (χ1v) is 20.4. The topological polar surface area (TPSA) is 29.5 Å². The van der Waals surface area contributed by atoms with Crippen LogP contribution in [0.1, 0.15) is 0 Å². The average Bonchev–Trinajstić information content (AvgIpc) is 3.98. The number of benzene rings is 9. The Kier molecular flexibility index (Phi) is 7.40. The lowest BCUT2D eigenvalue weighted by atomic mass is 9.99. The van der Waals surface area contributed by atoms with Crippen LogP contribution in [0.5, 0.6) is 0 Å². The zero-order valence-electron chi connectivity index (χ0n) is 31.2. The normalized spacial score (nSPS) is 11.8. The summed E-state index contributed by atoms with van der Waals surface area (Å²) in [6.45, 7) is 0. The summed E-state index contributed by atoms with van der Waals surface area (Å²) in [4.78, 5) is 2.37. The van der Waals surface area contributed by atoms with Crippen LogP contribution < -0.4 is 4.90 Å². The van der Waals surface area contributed by atoms with Gasteiger partial charge in [0.05, 0.1) is 5.69 Å². The summed E-state index contributed by atoms with van der Waals surface area (Å²) in [7, 11) is 0. The van der Waals surface area contributed by atoms with E-state index in [1.165, 1.54) is 42.4 Å². The van der Waals surface area contributed by atoms with Crippen molar-refractivity contribution in [2.75, 3.05) is 4.90 Å². The molecule has 3 heterocycles. The van der Waals surface area contributed by atoms with Crippen molar-refractivity contribution in [1.29, 1.82) is 0 Å². The van der Waals surface area contributed by atoms with E-state index in [1.54, 1.807) is 0 Å². The summed E-state index contributed by atoms with van der Waals surface area (Å²) in [5, 5.41) is 7.03. The molecule has 272 valence electrons. The van der Waals surface area contributed by atoms with Gasteiger partial charge in [-0.25, -0.2) is 0 Å². The second kappa shape index (κ2) is 13.1. The molecule has 0 spiro atoms. The van der Waals surface area contributed by atoms with Crippen LogP contribution in [0.3, 0.4) is 0 Å². The predicted octanol–water partition coefficient (Wildman–Crippen LogP) is 16.3. The highest BCUT2D eigenvalue weighted by Gasteiger charge is 2.19. The zero-order valence-corrected chi connectivity index (χ0v) is 32.0. The SMILES string of the molecule is c1ccc(-c2ccccc2N(c2ccc(-c3ccc4c(c3)oc3ccc5oc6ccccc6c5c34)cc2)c2ccc(-c3ccc4c(c3)sc3ccccc34)cc2)cc1. The van der Waals surface area contributed by atoms with E-state index in [2.05, 4.69) is 181 Å². The number of thiophene rings is 1. The Labute approximate surface area is 338 Å². The Morgan fingerprint density at radius 1 is 0.328 bits per heavy atom. The second-order valence-electron chi connectivity index (χ2n) is 14.8. The summed E-state index contributed by atoms with van der Waals surface area (Å²) >= 11 is 1.86. The molecule has 12 rings (SSSR count). The Morgan fingerprint density at radius 3 is 1.60 bits per heavy atom. The first-order chi connectivity index (χ1) is 28.7. The molecular formula is C54H33NO2S. The van der Waals surface area contributed by atoms with Crippen LogP contribution in [0.25, 0.3) is 97.4 Å². The van der Waals surface area contributed by atoms with Gasteiger partial charge in [-0.1, -0.05) is 127 Å². The molecule has 12 aromatic rings. The molecule has 0 aliphatic rings. The number of furan rings is 2. The fourth-order valence-electron chi connectivity index (χ4n) is 8.73. The van der Waals surface area contributed by atoms with Crippen molar-refractivity contribution in [1.82, 2.24) is 0 Å². The fourth-order valence-corrected chi connectivity index (χ4v) is 9.88. The summed E-state index contributed by atoms with van der Waals surface area (Å²) in [5.41, 5.74) is 13.7. The molecule has 0 atom stereocenters. The third-order valence-corrected chi connectivity index (χ3v) is 12.6. The Bertz CT molecular complexity index is 3500. The van der Waals surface area contributed by atoms with Crippen molar-refractivity contribution in [2.45, 2.75) is 0 Å². The van der Waals surface area contributed by atoms with Crippen LogP contribution in [0, 0.1) is 0 Å². The van der Waals surface area contributed by atoms with Crippen molar-refractivity contribution in [3.8, 4) is 33.4 Å². The van der Waals surface area contributed by atoms with Crippen LogP contribution in [0.15, 0.2) is 209 Å². The highest BCUT2D eigenvalue weighted by molar-refractivity contribution is 7.25. The maximum absolute atomic E-state index is 6.50. The largest absolute Gasteiger partial charge is 0.456 e. The van der Waals surface area contributed by atoms with Gasteiger partial charge >= 0.3 is 0 Å². The van der Waals surface area contributed by atoms with Crippen LogP contribution in [-0.2, 0) is 0 Å². The lowest BCUT2D eigenvalue weighted by Crippen LogP contribution is -2.11. The van der Waals surface area contributed by atoms with E-state index in [0.29, 0.717) is 0 Å². The molecule has 58 heavy (non-hydrogen) atoms.